The van der Waals surface area contributed by atoms with Gasteiger partial charge in [-0.25, -0.2) is 8.42 Å². The third kappa shape index (κ3) is 3.13. The van der Waals surface area contributed by atoms with Crippen molar-refractivity contribution in [2.45, 2.75) is 12.8 Å². The summed E-state index contributed by atoms with van der Waals surface area (Å²) < 4.78 is 23.2. The predicted molar refractivity (Wildman–Crippen MR) is 75.2 cm³/mol. The smallest absolute Gasteiger partial charge is 0.150 e. The molecule has 1 fully saturated rings. The van der Waals surface area contributed by atoms with Crippen LogP contribution in [0.3, 0.4) is 0 Å². The van der Waals surface area contributed by atoms with Gasteiger partial charge in [0, 0.05) is 5.41 Å². The van der Waals surface area contributed by atoms with Gasteiger partial charge in [-0.2, -0.15) is 0 Å². The lowest BCUT2D eigenvalue weighted by Crippen LogP contribution is -2.40. The summed E-state index contributed by atoms with van der Waals surface area (Å²) in [5, 5.41) is 28.7. The van der Waals surface area contributed by atoms with E-state index in [0.29, 0.717) is 12.8 Å². The van der Waals surface area contributed by atoms with Crippen molar-refractivity contribution in [3.8, 4) is 5.75 Å². The normalized spacial score (nSPS) is 22.0. The molecule has 0 amide bonds. The van der Waals surface area contributed by atoms with Crippen LogP contribution in [0.15, 0.2) is 24.3 Å². The third-order valence-corrected chi connectivity index (χ3v) is 5.99. The zero-order chi connectivity index (χ0) is 14.8. The molecule has 3 N–H and O–H groups in total. The van der Waals surface area contributed by atoms with Crippen molar-refractivity contribution in [2.75, 3.05) is 24.7 Å². The van der Waals surface area contributed by atoms with Crippen LogP contribution in [0, 0.1) is 11.3 Å². The minimum absolute atomic E-state index is 0.0200. The topological polar surface area (TPSA) is 94.8 Å². The number of phenolic OH excluding ortho intramolecular Hbond substituents is 1. The van der Waals surface area contributed by atoms with Crippen molar-refractivity contribution in [1.82, 2.24) is 0 Å². The molecule has 1 aliphatic rings. The molecular formula is C14H20O5S. The highest BCUT2D eigenvalue weighted by Crippen LogP contribution is 2.38. The predicted octanol–water partition coefficient (Wildman–Crippen LogP) is 0.340. The van der Waals surface area contributed by atoms with Crippen molar-refractivity contribution >= 4 is 9.84 Å². The van der Waals surface area contributed by atoms with Crippen LogP contribution in [-0.2, 0) is 16.3 Å². The molecule has 1 atom stereocenters. The Morgan fingerprint density at radius 2 is 1.75 bits per heavy atom. The van der Waals surface area contributed by atoms with Gasteiger partial charge in [-0.15, -0.1) is 0 Å². The van der Waals surface area contributed by atoms with E-state index < -0.39 is 15.3 Å². The van der Waals surface area contributed by atoms with Gasteiger partial charge < -0.3 is 15.3 Å². The van der Waals surface area contributed by atoms with E-state index in [9.17, 15) is 23.7 Å². The number of sulfone groups is 1. The summed E-state index contributed by atoms with van der Waals surface area (Å²) in [6.07, 6.45) is 0.863. The summed E-state index contributed by atoms with van der Waals surface area (Å²) in [4.78, 5) is 0. The molecule has 1 aromatic rings. The second kappa shape index (κ2) is 5.71. The highest BCUT2D eigenvalue weighted by molar-refractivity contribution is 7.91. The Morgan fingerprint density at radius 1 is 1.15 bits per heavy atom. The van der Waals surface area contributed by atoms with Gasteiger partial charge in [0.1, 0.15) is 5.75 Å². The highest BCUT2D eigenvalue weighted by atomic mass is 32.2. The Bertz CT molecular complexity index is 545. The summed E-state index contributed by atoms with van der Waals surface area (Å²) in [6.45, 7) is -0.519. The maximum Gasteiger partial charge on any atom is 0.150 e. The summed E-state index contributed by atoms with van der Waals surface area (Å²) in [6, 6.07) is 6.53. The molecule has 1 aliphatic heterocycles. The second-order valence-electron chi connectivity index (χ2n) is 5.62. The minimum Gasteiger partial charge on any atom is -0.508 e. The maximum atomic E-state index is 11.6. The molecule has 1 aromatic carbocycles. The number of hydrogen-bond donors (Lipinski definition) is 3. The maximum absolute atomic E-state index is 11.6. The number of aliphatic hydroxyl groups is 2. The number of rotatable bonds is 5. The Hall–Kier alpha value is -1.11. The Labute approximate surface area is 118 Å². The first-order valence-corrected chi connectivity index (χ1v) is 8.43. The van der Waals surface area contributed by atoms with E-state index in [1.807, 2.05) is 0 Å². The van der Waals surface area contributed by atoms with Gasteiger partial charge >= 0.3 is 0 Å². The standard InChI is InChI=1S/C14H20O5S/c15-9-14(10-16,12-5-6-20(18,19)8-12)7-11-1-3-13(17)4-2-11/h1-4,12,15-17H,5-10H2. The van der Waals surface area contributed by atoms with E-state index in [0.717, 1.165) is 5.56 Å². The van der Waals surface area contributed by atoms with E-state index in [2.05, 4.69) is 0 Å². The van der Waals surface area contributed by atoms with Crippen molar-refractivity contribution in [3.63, 3.8) is 0 Å². The van der Waals surface area contributed by atoms with Gasteiger partial charge in [0.05, 0.1) is 24.7 Å². The lowest BCUT2D eigenvalue weighted by Gasteiger charge is -2.35. The molecule has 20 heavy (non-hydrogen) atoms. The molecule has 0 saturated carbocycles. The molecule has 112 valence electrons. The van der Waals surface area contributed by atoms with Crippen LogP contribution in [0.1, 0.15) is 12.0 Å². The van der Waals surface area contributed by atoms with Crippen LogP contribution in [-0.4, -0.2) is 48.5 Å². The Balaban J connectivity index is 2.23. The van der Waals surface area contributed by atoms with Crippen LogP contribution in [0.4, 0.5) is 0 Å². The van der Waals surface area contributed by atoms with Crippen LogP contribution >= 0.6 is 0 Å². The molecule has 2 rings (SSSR count). The van der Waals surface area contributed by atoms with Gasteiger partial charge in [0.2, 0.25) is 0 Å². The van der Waals surface area contributed by atoms with Gasteiger partial charge in [-0.05, 0) is 36.5 Å². The Morgan fingerprint density at radius 3 is 2.20 bits per heavy atom. The van der Waals surface area contributed by atoms with Crippen molar-refractivity contribution in [1.29, 1.82) is 0 Å². The van der Waals surface area contributed by atoms with E-state index in [1.165, 1.54) is 0 Å². The van der Waals surface area contributed by atoms with E-state index in [4.69, 9.17) is 0 Å². The molecule has 0 aromatic heterocycles. The molecule has 0 spiro atoms. The highest BCUT2D eigenvalue weighted by Gasteiger charge is 2.44. The largest absolute Gasteiger partial charge is 0.508 e. The molecule has 1 saturated heterocycles. The zero-order valence-electron chi connectivity index (χ0n) is 11.2. The Kier molecular flexibility index (Phi) is 4.36. The van der Waals surface area contributed by atoms with Crippen molar-refractivity contribution in [2.24, 2.45) is 11.3 Å². The van der Waals surface area contributed by atoms with E-state index in [-0.39, 0.29) is 36.4 Å². The van der Waals surface area contributed by atoms with Gasteiger partial charge in [-0.1, -0.05) is 12.1 Å². The fourth-order valence-electron chi connectivity index (χ4n) is 2.86. The minimum atomic E-state index is -3.06. The van der Waals surface area contributed by atoms with Gasteiger partial charge in [0.25, 0.3) is 0 Å². The van der Waals surface area contributed by atoms with Crippen LogP contribution in [0.25, 0.3) is 0 Å². The summed E-state index contributed by atoms with van der Waals surface area (Å²) >= 11 is 0. The third-order valence-electron chi connectivity index (χ3n) is 4.22. The molecule has 0 radical (unpaired) electrons. The average Bonchev–Trinajstić information content (AvgIpc) is 2.79. The van der Waals surface area contributed by atoms with Gasteiger partial charge in [-0.3, -0.25) is 0 Å². The molecule has 1 heterocycles. The number of aliphatic hydroxyl groups excluding tert-OH is 2. The van der Waals surface area contributed by atoms with Crippen LogP contribution in [0.2, 0.25) is 0 Å². The average molecular weight is 300 g/mol. The molecule has 5 nitrogen and oxygen atoms in total. The summed E-state index contributed by atoms with van der Waals surface area (Å²) in [5.74, 6) is 0.0494. The molecule has 0 aliphatic carbocycles. The first kappa shape index (κ1) is 15.3. The quantitative estimate of drug-likeness (QED) is 0.729. The lowest BCUT2D eigenvalue weighted by molar-refractivity contribution is 0.0124. The summed E-state index contributed by atoms with van der Waals surface area (Å²) in [7, 11) is -3.06. The summed E-state index contributed by atoms with van der Waals surface area (Å²) in [5.41, 5.74) is 0.0239. The number of hydrogen-bond acceptors (Lipinski definition) is 5. The molecule has 0 bridgehead atoms. The number of aromatic hydroxyl groups is 1. The fraction of sp³-hybridized carbons (Fsp3) is 0.571. The van der Waals surface area contributed by atoms with Gasteiger partial charge in [0.15, 0.2) is 9.84 Å². The fourth-order valence-corrected chi connectivity index (χ4v) is 4.81. The first-order chi connectivity index (χ1) is 9.41. The molecule has 1 unspecified atom stereocenters. The van der Waals surface area contributed by atoms with Crippen molar-refractivity contribution < 1.29 is 23.7 Å². The molecular weight excluding hydrogens is 280 g/mol. The first-order valence-electron chi connectivity index (χ1n) is 6.61. The zero-order valence-corrected chi connectivity index (χ0v) is 12.0. The lowest BCUT2D eigenvalue weighted by atomic mass is 9.72. The van der Waals surface area contributed by atoms with E-state index in [1.54, 1.807) is 24.3 Å². The van der Waals surface area contributed by atoms with E-state index >= 15 is 0 Å². The van der Waals surface area contributed by atoms with Crippen LogP contribution in [0.5, 0.6) is 5.75 Å². The van der Waals surface area contributed by atoms with Crippen LogP contribution < -0.4 is 0 Å². The monoisotopic (exact) mass is 300 g/mol. The molecule has 6 heteroatoms. The number of phenols is 1. The van der Waals surface area contributed by atoms with Crippen molar-refractivity contribution in [3.05, 3.63) is 29.8 Å². The second-order valence-corrected chi connectivity index (χ2v) is 7.85. The SMILES string of the molecule is O=S1(=O)CCC(C(CO)(CO)Cc2ccc(O)cc2)C1. The number of benzene rings is 1.